The molecule has 1 rings (SSSR count). The number of alkyl halides is 3. The van der Waals surface area contributed by atoms with E-state index in [2.05, 4.69) is 10.3 Å². The minimum Gasteiger partial charge on any atom is -0.350 e. The minimum atomic E-state index is -4.69. The molecule has 0 atom stereocenters. The van der Waals surface area contributed by atoms with Crippen molar-refractivity contribution in [1.82, 2.24) is 15.2 Å². The van der Waals surface area contributed by atoms with Crippen molar-refractivity contribution in [2.45, 2.75) is 44.4 Å². The van der Waals surface area contributed by atoms with Crippen LogP contribution in [0.1, 0.15) is 37.6 Å². The number of nitrogens with one attached hydrogen (secondary N) is 1. The fraction of sp³-hybridized carbons (Fsp3) is 0.529. The second-order valence-corrected chi connectivity index (χ2v) is 7.90. The number of nitriles is 1. The van der Waals surface area contributed by atoms with E-state index in [0.717, 1.165) is 17.8 Å². The largest absolute Gasteiger partial charge is 0.417 e. The number of hydrogen-bond acceptors (Lipinski definition) is 5. The van der Waals surface area contributed by atoms with Gasteiger partial charge in [-0.25, -0.2) is 4.98 Å². The maximum atomic E-state index is 13.1. The summed E-state index contributed by atoms with van der Waals surface area (Å²) in [7, 11) is 1.42. The van der Waals surface area contributed by atoms with Gasteiger partial charge in [0, 0.05) is 18.3 Å². The Labute approximate surface area is 160 Å². The molecular formula is C17H21F3N4O2S. The first-order valence-electron chi connectivity index (χ1n) is 7.91. The van der Waals surface area contributed by atoms with Crippen LogP contribution in [-0.2, 0) is 15.8 Å². The molecule has 0 aromatic carbocycles. The molecular weight excluding hydrogens is 381 g/mol. The summed E-state index contributed by atoms with van der Waals surface area (Å²) in [6.45, 7) is 6.59. The van der Waals surface area contributed by atoms with Crippen LogP contribution in [-0.4, -0.2) is 46.6 Å². The average molecular weight is 402 g/mol. The average Bonchev–Trinajstić information content (AvgIpc) is 2.48. The van der Waals surface area contributed by atoms with Crippen molar-refractivity contribution < 1.29 is 22.8 Å². The Kier molecular flexibility index (Phi) is 7.25. The summed E-state index contributed by atoms with van der Waals surface area (Å²) in [5.41, 5.74) is -2.05. The van der Waals surface area contributed by atoms with Crippen LogP contribution in [0.4, 0.5) is 13.2 Å². The number of pyridine rings is 1. The monoisotopic (exact) mass is 402 g/mol. The summed E-state index contributed by atoms with van der Waals surface area (Å²) < 4.78 is 39.3. The number of carbonyl (C=O) groups is 2. The van der Waals surface area contributed by atoms with E-state index in [4.69, 9.17) is 5.26 Å². The van der Waals surface area contributed by atoms with E-state index in [-0.39, 0.29) is 28.9 Å². The van der Waals surface area contributed by atoms with Crippen LogP contribution in [0.25, 0.3) is 0 Å². The summed E-state index contributed by atoms with van der Waals surface area (Å²) in [5, 5.41) is 11.7. The van der Waals surface area contributed by atoms with Crippen LogP contribution >= 0.6 is 11.8 Å². The molecule has 148 valence electrons. The molecule has 6 nitrogen and oxygen atoms in total. The van der Waals surface area contributed by atoms with Crippen molar-refractivity contribution in [1.29, 1.82) is 5.26 Å². The van der Waals surface area contributed by atoms with Gasteiger partial charge in [0.2, 0.25) is 11.8 Å². The Morgan fingerprint density at radius 2 is 1.93 bits per heavy atom. The highest BCUT2D eigenvalue weighted by atomic mass is 32.2. The zero-order valence-corrected chi connectivity index (χ0v) is 16.5. The maximum Gasteiger partial charge on any atom is 0.417 e. The zero-order valence-electron chi connectivity index (χ0n) is 15.7. The van der Waals surface area contributed by atoms with Crippen molar-refractivity contribution in [3.8, 4) is 6.07 Å². The van der Waals surface area contributed by atoms with Gasteiger partial charge in [0.05, 0.1) is 23.4 Å². The fourth-order valence-corrected chi connectivity index (χ4v) is 3.07. The third-order valence-corrected chi connectivity index (χ3v) is 4.14. The third-order valence-electron chi connectivity index (χ3n) is 3.18. The predicted octanol–water partition coefficient (Wildman–Crippen LogP) is 2.75. The summed E-state index contributed by atoms with van der Waals surface area (Å²) in [5.74, 6) is -1.07. The lowest BCUT2D eigenvalue weighted by molar-refractivity contribution is -0.138. The Hall–Kier alpha value is -2.28. The number of carbonyl (C=O) groups excluding carboxylic acids is 2. The number of rotatable bonds is 5. The van der Waals surface area contributed by atoms with Gasteiger partial charge in [0.15, 0.2) is 0 Å². The van der Waals surface area contributed by atoms with E-state index in [9.17, 15) is 22.8 Å². The third kappa shape index (κ3) is 7.09. The molecule has 0 spiro atoms. The lowest BCUT2D eigenvalue weighted by Gasteiger charge is -2.23. The summed E-state index contributed by atoms with van der Waals surface area (Å²) in [6, 6.07) is 2.32. The molecule has 0 saturated heterocycles. The van der Waals surface area contributed by atoms with Gasteiger partial charge in [0.25, 0.3) is 0 Å². The van der Waals surface area contributed by atoms with Crippen molar-refractivity contribution in [3.63, 3.8) is 0 Å². The normalized spacial score (nSPS) is 11.7. The van der Waals surface area contributed by atoms with Crippen molar-refractivity contribution in [2.75, 3.05) is 19.3 Å². The molecule has 0 aliphatic carbocycles. The molecule has 10 heteroatoms. The van der Waals surface area contributed by atoms with Gasteiger partial charge in [-0.05, 0) is 33.8 Å². The lowest BCUT2D eigenvalue weighted by atomic mass is 10.1. The molecule has 27 heavy (non-hydrogen) atoms. The smallest absolute Gasteiger partial charge is 0.350 e. The van der Waals surface area contributed by atoms with Gasteiger partial charge >= 0.3 is 6.18 Å². The molecule has 2 amide bonds. The Morgan fingerprint density at radius 3 is 2.41 bits per heavy atom. The van der Waals surface area contributed by atoms with E-state index in [1.807, 2.05) is 0 Å². The lowest BCUT2D eigenvalue weighted by Crippen LogP contribution is -2.46. The molecule has 1 heterocycles. The van der Waals surface area contributed by atoms with Crippen LogP contribution in [0.15, 0.2) is 11.1 Å². The van der Waals surface area contributed by atoms with E-state index < -0.39 is 28.7 Å². The molecule has 0 saturated carbocycles. The number of nitrogens with zero attached hydrogens (tertiary/aromatic N) is 3. The van der Waals surface area contributed by atoms with Crippen molar-refractivity contribution in [2.24, 2.45) is 0 Å². The first-order chi connectivity index (χ1) is 12.2. The van der Waals surface area contributed by atoms with Gasteiger partial charge in [-0.2, -0.15) is 18.4 Å². The van der Waals surface area contributed by atoms with Crippen LogP contribution < -0.4 is 5.32 Å². The second kappa shape index (κ2) is 8.61. The molecule has 0 bridgehead atoms. The topological polar surface area (TPSA) is 86.1 Å². The molecule has 0 radical (unpaired) electrons. The predicted molar refractivity (Wildman–Crippen MR) is 94.9 cm³/mol. The minimum absolute atomic E-state index is 0.0918. The number of amides is 2. The highest BCUT2D eigenvalue weighted by Crippen LogP contribution is 2.35. The fourth-order valence-electron chi connectivity index (χ4n) is 2.08. The molecule has 1 aromatic heterocycles. The second-order valence-electron chi connectivity index (χ2n) is 6.94. The number of aryl methyl sites for hydroxylation is 1. The summed E-state index contributed by atoms with van der Waals surface area (Å²) >= 11 is 0.736. The Bertz CT molecular complexity index is 767. The van der Waals surface area contributed by atoms with E-state index >= 15 is 0 Å². The van der Waals surface area contributed by atoms with Crippen molar-refractivity contribution >= 4 is 23.6 Å². The quantitative estimate of drug-likeness (QED) is 0.766. The molecule has 0 aliphatic heterocycles. The van der Waals surface area contributed by atoms with Gasteiger partial charge in [-0.3, -0.25) is 9.59 Å². The number of hydrogen-bond donors (Lipinski definition) is 1. The molecule has 1 N–H and O–H groups in total. The summed E-state index contributed by atoms with van der Waals surface area (Å²) in [6.07, 6.45) is -4.69. The van der Waals surface area contributed by atoms with E-state index in [1.165, 1.54) is 24.9 Å². The van der Waals surface area contributed by atoms with Gasteiger partial charge < -0.3 is 10.2 Å². The van der Waals surface area contributed by atoms with Crippen LogP contribution in [0.3, 0.4) is 0 Å². The van der Waals surface area contributed by atoms with Crippen LogP contribution in [0.5, 0.6) is 0 Å². The standard InChI is InChI=1S/C17H21F3N4O2S/c1-10-6-12(17(18,19)20)11(7-21)15(22-10)27-9-14(26)24(5)8-13(25)23-16(2,3)4/h6H,8-9H2,1-5H3,(H,23,25). The van der Waals surface area contributed by atoms with Gasteiger partial charge in [-0.15, -0.1) is 0 Å². The summed E-state index contributed by atoms with van der Waals surface area (Å²) in [4.78, 5) is 29.1. The number of thioether (sulfide) groups is 1. The molecule has 1 aromatic rings. The SMILES string of the molecule is Cc1cc(C(F)(F)F)c(C#N)c(SCC(=O)N(C)CC(=O)NC(C)(C)C)n1. The number of likely N-dealkylation sites (N-methyl/N-ethyl adjacent to an activating group) is 1. The van der Waals surface area contributed by atoms with Crippen molar-refractivity contribution in [3.05, 3.63) is 22.9 Å². The van der Waals surface area contributed by atoms with Crippen LogP contribution in [0.2, 0.25) is 0 Å². The highest BCUT2D eigenvalue weighted by Gasteiger charge is 2.35. The zero-order chi connectivity index (χ0) is 21.0. The molecule has 0 unspecified atom stereocenters. The molecule has 0 fully saturated rings. The van der Waals surface area contributed by atoms with Gasteiger partial charge in [0.1, 0.15) is 11.1 Å². The number of aromatic nitrogens is 1. The van der Waals surface area contributed by atoms with Crippen LogP contribution in [0, 0.1) is 18.3 Å². The van der Waals surface area contributed by atoms with E-state index in [1.54, 1.807) is 20.8 Å². The van der Waals surface area contributed by atoms with E-state index in [0.29, 0.717) is 0 Å². The first-order valence-corrected chi connectivity index (χ1v) is 8.90. The maximum absolute atomic E-state index is 13.1. The number of halogens is 3. The Morgan fingerprint density at radius 1 is 1.33 bits per heavy atom. The highest BCUT2D eigenvalue weighted by molar-refractivity contribution is 8.00. The molecule has 0 aliphatic rings. The first kappa shape index (κ1) is 22.8. The van der Waals surface area contributed by atoms with Gasteiger partial charge in [-0.1, -0.05) is 11.8 Å². The Balaban J connectivity index is 2.86.